The lowest BCUT2D eigenvalue weighted by atomic mass is 10.0. The molecule has 3 aromatic rings. The van der Waals surface area contributed by atoms with Crippen molar-refractivity contribution in [1.29, 1.82) is 0 Å². The first-order valence-electron chi connectivity index (χ1n) is 7.94. The monoisotopic (exact) mass is 394 g/mol. The van der Waals surface area contributed by atoms with E-state index in [1.54, 1.807) is 24.3 Å². The third-order valence-corrected chi connectivity index (χ3v) is 4.26. The summed E-state index contributed by atoms with van der Waals surface area (Å²) in [5.74, 6) is -0.626. The largest absolute Gasteiger partial charge is 0.418 e. The number of alkyl halides is 3. The number of carbonyl (C=O) groups is 1. The minimum absolute atomic E-state index is 0.0586. The summed E-state index contributed by atoms with van der Waals surface area (Å²) in [6.45, 7) is 1.40. The van der Waals surface area contributed by atoms with Crippen LogP contribution in [0.1, 0.15) is 28.4 Å². The second-order valence-corrected chi connectivity index (χ2v) is 6.41. The molecule has 27 heavy (non-hydrogen) atoms. The zero-order valence-electron chi connectivity index (χ0n) is 14.1. The van der Waals surface area contributed by atoms with Crippen molar-refractivity contribution in [2.45, 2.75) is 19.6 Å². The van der Waals surface area contributed by atoms with Crippen LogP contribution >= 0.6 is 11.6 Å². The van der Waals surface area contributed by atoms with Crippen molar-refractivity contribution in [2.24, 2.45) is 0 Å². The van der Waals surface area contributed by atoms with E-state index in [1.165, 1.54) is 6.92 Å². The predicted molar refractivity (Wildman–Crippen MR) is 98.4 cm³/mol. The number of ketones is 1. The molecule has 2 aromatic carbocycles. The number of fused-ring (bicyclic) bond motifs is 1. The number of hydrogen-bond donors (Lipinski definition) is 2. The number of Topliss-reactive ketones (excluding diaryl/α,β-unsaturated/α-hetero) is 1. The number of nitrogens with one attached hydrogen (secondary N) is 2. The number of aromatic nitrogens is 1. The molecule has 0 spiro atoms. The molecular weight excluding hydrogens is 381 g/mol. The van der Waals surface area contributed by atoms with E-state index in [2.05, 4.69) is 10.3 Å². The molecule has 0 saturated carbocycles. The number of hydrogen-bond acceptors (Lipinski definition) is 3. The highest BCUT2D eigenvalue weighted by Gasteiger charge is 2.34. The third-order valence-electron chi connectivity index (χ3n) is 4.04. The Labute approximate surface area is 157 Å². The first-order valence-corrected chi connectivity index (χ1v) is 8.31. The summed E-state index contributed by atoms with van der Waals surface area (Å²) < 4.78 is 40.2. The van der Waals surface area contributed by atoms with Gasteiger partial charge in [0.25, 0.3) is 0 Å². The Hall–Kier alpha value is -2.80. The Balaban J connectivity index is 2.22. The lowest BCUT2D eigenvalue weighted by Gasteiger charge is -2.16. The lowest BCUT2D eigenvalue weighted by Crippen LogP contribution is -2.20. The molecule has 0 aliphatic rings. The average molecular weight is 395 g/mol. The highest BCUT2D eigenvalue weighted by atomic mass is 35.5. The van der Waals surface area contributed by atoms with Crippen LogP contribution in [0.25, 0.3) is 10.9 Å². The molecule has 0 saturated heterocycles. The summed E-state index contributed by atoms with van der Waals surface area (Å²) in [5.41, 5.74) is -1.70. The van der Waals surface area contributed by atoms with E-state index >= 15 is 0 Å². The highest BCUT2D eigenvalue weighted by molar-refractivity contribution is 6.31. The van der Waals surface area contributed by atoms with Crippen LogP contribution in [-0.4, -0.2) is 10.8 Å². The minimum Gasteiger partial charge on any atom is -0.367 e. The standard InChI is InChI=1S/C19H14ClF3N2O2/c1-10(26)15-17(27)13-7-12(20)8-14(19(21,22)23)16(13)25-18(15)24-9-11-5-3-2-4-6-11/h2-8H,9H2,1H3,(H2,24,25,27). The van der Waals surface area contributed by atoms with Crippen molar-refractivity contribution in [3.8, 4) is 0 Å². The number of carbonyl (C=O) groups excluding carboxylic acids is 1. The molecule has 0 bridgehead atoms. The number of rotatable bonds is 4. The molecule has 0 atom stereocenters. The van der Waals surface area contributed by atoms with Crippen molar-refractivity contribution in [1.82, 2.24) is 4.98 Å². The van der Waals surface area contributed by atoms with Crippen LogP contribution in [0.3, 0.4) is 0 Å². The molecule has 4 nitrogen and oxygen atoms in total. The number of anilines is 1. The van der Waals surface area contributed by atoms with Crippen LogP contribution in [0.5, 0.6) is 0 Å². The van der Waals surface area contributed by atoms with E-state index in [1.807, 2.05) is 6.07 Å². The molecule has 3 rings (SSSR count). The maximum Gasteiger partial charge on any atom is 0.418 e. The van der Waals surface area contributed by atoms with E-state index in [9.17, 15) is 22.8 Å². The normalized spacial score (nSPS) is 11.6. The van der Waals surface area contributed by atoms with Gasteiger partial charge in [-0.2, -0.15) is 13.2 Å². The minimum atomic E-state index is -4.72. The van der Waals surface area contributed by atoms with Crippen LogP contribution in [0, 0.1) is 0 Å². The number of halogens is 4. The Morgan fingerprint density at radius 3 is 2.44 bits per heavy atom. The molecule has 1 aromatic heterocycles. The highest BCUT2D eigenvalue weighted by Crippen LogP contribution is 2.36. The van der Waals surface area contributed by atoms with Crippen molar-refractivity contribution in [3.05, 3.63) is 74.4 Å². The van der Waals surface area contributed by atoms with E-state index < -0.39 is 28.5 Å². The van der Waals surface area contributed by atoms with Crippen LogP contribution in [-0.2, 0) is 12.7 Å². The molecule has 140 valence electrons. The second kappa shape index (κ2) is 7.08. The van der Waals surface area contributed by atoms with Crippen molar-refractivity contribution >= 4 is 34.1 Å². The summed E-state index contributed by atoms with van der Waals surface area (Å²) in [6.07, 6.45) is -4.72. The van der Waals surface area contributed by atoms with Gasteiger partial charge in [-0.3, -0.25) is 9.59 Å². The fourth-order valence-corrected chi connectivity index (χ4v) is 3.05. The van der Waals surface area contributed by atoms with Gasteiger partial charge in [0, 0.05) is 17.0 Å². The maximum absolute atomic E-state index is 13.4. The van der Waals surface area contributed by atoms with Gasteiger partial charge in [0.05, 0.1) is 11.1 Å². The number of aromatic amines is 1. The molecule has 0 fully saturated rings. The maximum atomic E-state index is 13.4. The molecule has 0 radical (unpaired) electrons. The predicted octanol–water partition coefficient (Wildman–Crippen LogP) is 5.02. The average Bonchev–Trinajstić information content (AvgIpc) is 2.59. The first-order chi connectivity index (χ1) is 12.7. The summed E-state index contributed by atoms with van der Waals surface area (Å²) in [6, 6.07) is 10.9. The molecule has 2 N–H and O–H groups in total. The first kappa shape index (κ1) is 19.0. The summed E-state index contributed by atoms with van der Waals surface area (Å²) in [4.78, 5) is 27.3. The van der Waals surface area contributed by atoms with Crippen LogP contribution < -0.4 is 10.7 Å². The number of pyridine rings is 1. The van der Waals surface area contributed by atoms with Crippen LogP contribution in [0.15, 0.2) is 47.3 Å². The Kier molecular flexibility index (Phi) is 4.97. The van der Waals surface area contributed by atoms with Crippen molar-refractivity contribution in [2.75, 3.05) is 5.32 Å². The zero-order chi connectivity index (χ0) is 19.8. The molecular formula is C19H14ClF3N2O2. The molecule has 0 amide bonds. The van der Waals surface area contributed by atoms with E-state index in [0.717, 1.165) is 17.7 Å². The smallest absolute Gasteiger partial charge is 0.367 e. The van der Waals surface area contributed by atoms with Gasteiger partial charge in [-0.25, -0.2) is 0 Å². The molecule has 0 aliphatic heterocycles. The lowest BCUT2D eigenvalue weighted by molar-refractivity contribution is -0.136. The Morgan fingerprint density at radius 2 is 1.85 bits per heavy atom. The van der Waals surface area contributed by atoms with E-state index in [0.29, 0.717) is 0 Å². The van der Waals surface area contributed by atoms with Crippen molar-refractivity contribution < 1.29 is 18.0 Å². The SMILES string of the molecule is CC(=O)c1c(NCc2ccccc2)[nH]c2c(C(F)(F)F)cc(Cl)cc2c1=O. The summed E-state index contributed by atoms with van der Waals surface area (Å²) >= 11 is 5.76. The van der Waals surface area contributed by atoms with Gasteiger partial charge in [0.15, 0.2) is 5.78 Å². The number of benzene rings is 2. The fraction of sp³-hybridized carbons (Fsp3) is 0.158. The molecule has 1 heterocycles. The molecule has 0 aliphatic carbocycles. The number of H-pyrrole nitrogens is 1. The topological polar surface area (TPSA) is 62.0 Å². The van der Waals surface area contributed by atoms with Crippen molar-refractivity contribution in [3.63, 3.8) is 0 Å². The van der Waals surface area contributed by atoms with E-state index in [-0.39, 0.29) is 28.3 Å². The summed E-state index contributed by atoms with van der Waals surface area (Å²) in [5, 5.41) is 2.34. The van der Waals surface area contributed by atoms with Crippen LogP contribution in [0.2, 0.25) is 5.02 Å². The van der Waals surface area contributed by atoms with Gasteiger partial charge in [-0.05, 0) is 24.6 Å². The Morgan fingerprint density at radius 1 is 1.19 bits per heavy atom. The van der Waals surface area contributed by atoms with Gasteiger partial charge in [-0.1, -0.05) is 41.9 Å². The van der Waals surface area contributed by atoms with Gasteiger partial charge >= 0.3 is 6.18 Å². The van der Waals surface area contributed by atoms with Gasteiger partial charge in [0.1, 0.15) is 11.4 Å². The second-order valence-electron chi connectivity index (χ2n) is 5.97. The third kappa shape index (κ3) is 3.83. The van der Waals surface area contributed by atoms with Gasteiger partial charge in [-0.15, -0.1) is 0 Å². The van der Waals surface area contributed by atoms with Crippen LogP contribution in [0.4, 0.5) is 19.0 Å². The molecule has 0 unspecified atom stereocenters. The quantitative estimate of drug-likeness (QED) is 0.611. The van der Waals surface area contributed by atoms with Gasteiger partial charge in [0.2, 0.25) is 5.43 Å². The summed E-state index contributed by atoms with van der Waals surface area (Å²) in [7, 11) is 0. The zero-order valence-corrected chi connectivity index (χ0v) is 14.8. The van der Waals surface area contributed by atoms with Gasteiger partial charge < -0.3 is 10.3 Å². The Bertz CT molecular complexity index is 1080. The fourth-order valence-electron chi connectivity index (χ4n) is 2.83. The van der Waals surface area contributed by atoms with E-state index in [4.69, 9.17) is 11.6 Å². The molecule has 8 heteroatoms.